The maximum Gasteiger partial charge on any atom is 0.420 e. The average Bonchev–Trinajstić information content (AvgIpc) is 3.59. The zero-order valence-electron chi connectivity index (χ0n) is 28.3. The number of alkyl halides is 3. The van der Waals surface area contributed by atoms with E-state index in [2.05, 4.69) is 19.9 Å². The zero-order valence-corrected chi connectivity index (χ0v) is 29.1. The quantitative estimate of drug-likeness (QED) is 0.185. The number of hydrogen-bond donors (Lipinski definition) is 2. The summed E-state index contributed by atoms with van der Waals surface area (Å²) in [5.74, 6) is -3.05. The number of likely N-dealkylation sites (N-methyl/N-ethyl adjacent to an activating group) is 1. The lowest BCUT2D eigenvalue weighted by Gasteiger charge is -2.31. The summed E-state index contributed by atoms with van der Waals surface area (Å²) in [6.45, 7) is 3.83. The highest BCUT2D eigenvalue weighted by atomic mass is 32.1. The lowest BCUT2D eigenvalue weighted by atomic mass is 9.91. The van der Waals surface area contributed by atoms with Gasteiger partial charge in [0.25, 0.3) is 0 Å². The molecule has 3 aromatic heterocycles. The van der Waals surface area contributed by atoms with E-state index in [0.29, 0.717) is 23.6 Å². The molecule has 2 aliphatic heterocycles. The van der Waals surface area contributed by atoms with Crippen LogP contribution in [0.25, 0.3) is 32.1 Å². The summed E-state index contributed by atoms with van der Waals surface area (Å²) in [5, 5.41) is 9.14. The van der Waals surface area contributed by atoms with Crippen LogP contribution in [0, 0.1) is 23.0 Å². The molecule has 0 amide bonds. The molecule has 5 aromatic rings. The first kappa shape index (κ1) is 35.3. The van der Waals surface area contributed by atoms with Gasteiger partial charge in [-0.05, 0) is 38.9 Å². The fourth-order valence-corrected chi connectivity index (χ4v) is 8.30. The number of anilines is 3. The molecular formula is C34H32F5N9O3S. The average molecular weight is 742 g/mol. The molecule has 272 valence electrons. The number of likely N-dealkylation sites (tertiary alicyclic amines) is 1. The predicted octanol–water partition coefficient (Wildman–Crippen LogP) is 6.08. The number of benzene rings is 2. The summed E-state index contributed by atoms with van der Waals surface area (Å²) >= 11 is 0.672. The summed E-state index contributed by atoms with van der Waals surface area (Å²) in [6, 6.07) is 2.39. The molecule has 2 aromatic carbocycles. The lowest BCUT2D eigenvalue weighted by Crippen LogP contribution is -2.45. The van der Waals surface area contributed by atoms with Gasteiger partial charge in [0.15, 0.2) is 5.82 Å². The van der Waals surface area contributed by atoms with E-state index in [1.807, 2.05) is 18.0 Å². The monoisotopic (exact) mass is 741 g/mol. The van der Waals surface area contributed by atoms with E-state index in [1.54, 1.807) is 25.9 Å². The maximum atomic E-state index is 17.4. The van der Waals surface area contributed by atoms with Crippen LogP contribution in [0.15, 0.2) is 24.5 Å². The van der Waals surface area contributed by atoms with Crippen molar-refractivity contribution < 1.29 is 36.2 Å². The molecule has 0 aliphatic carbocycles. The molecule has 18 heteroatoms. The Morgan fingerprint density at radius 2 is 1.85 bits per heavy atom. The molecule has 0 bridgehead atoms. The van der Waals surface area contributed by atoms with Gasteiger partial charge >= 0.3 is 12.2 Å². The number of nitrogen functional groups attached to an aromatic ring is 2. The molecule has 0 radical (unpaired) electrons. The van der Waals surface area contributed by atoms with Crippen LogP contribution in [0.3, 0.4) is 0 Å². The maximum absolute atomic E-state index is 17.4. The van der Waals surface area contributed by atoms with Crippen LogP contribution < -0.4 is 25.8 Å². The van der Waals surface area contributed by atoms with Gasteiger partial charge in [0.1, 0.15) is 63.8 Å². The fraction of sp³-hybridized carbons (Fsp3) is 0.382. The summed E-state index contributed by atoms with van der Waals surface area (Å²) in [5.41, 5.74) is 8.72. The number of thiophene rings is 1. The van der Waals surface area contributed by atoms with Gasteiger partial charge in [0, 0.05) is 37.0 Å². The second-order valence-corrected chi connectivity index (χ2v) is 13.7. The number of nitrogens with two attached hydrogens (primary N) is 2. The van der Waals surface area contributed by atoms with Crippen LogP contribution in [-0.2, 0) is 10.9 Å². The highest BCUT2D eigenvalue weighted by molar-refractivity contribution is 7.23. The number of nitriles is 1. The standard InChI is InChI=1S/C34H32F5N9O3S/c1-14(25-30(41)44-9-8-43-25)48-11-12-50-28-22-26(45-33(46-32(22)48)51-15(2)27-19(49-4)7-10-47(27)3)24(36)21(23(28)34(37,38)39)16-5-6-18(35)29-20(16)17(13-40)31(42)52-29/h5-6,8-9,14-15,19,27H,7,10-12,42H2,1-4H3,(H2,41,44)/t14-,15+,19+,27?/m1/s1. The largest absolute Gasteiger partial charge is 0.490 e. The molecule has 12 nitrogen and oxygen atoms in total. The molecule has 52 heavy (non-hydrogen) atoms. The minimum absolute atomic E-state index is 0.0429. The molecule has 0 saturated carbocycles. The first-order valence-corrected chi connectivity index (χ1v) is 17.0. The number of aromatic nitrogens is 4. The van der Waals surface area contributed by atoms with E-state index in [-0.39, 0.29) is 69.0 Å². The van der Waals surface area contributed by atoms with Gasteiger partial charge in [0.05, 0.1) is 40.4 Å². The molecule has 1 unspecified atom stereocenters. The number of rotatable bonds is 7. The van der Waals surface area contributed by atoms with Crippen LogP contribution >= 0.6 is 11.3 Å². The Morgan fingerprint density at radius 1 is 1.10 bits per heavy atom. The van der Waals surface area contributed by atoms with Gasteiger partial charge in [-0.3, -0.25) is 9.88 Å². The second kappa shape index (κ2) is 13.1. The van der Waals surface area contributed by atoms with E-state index in [0.717, 1.165) is 18.6 Å². The minimum atomic E-state index is -5.23. The first-order valence-electron chi connectivity index (χ1n) is 16.2. The zero-order chi connectivity index (χ0) is 37.2. The molecule has 1 saturated heterocycles. The van der Waals surface area contributed by atoms with Crippen LogP contribution in [0.1, 0.15) is 43.1 Å². The molecule has 4 atom stereocenters. The van der Waals surface area contributed by atoms with Crippen molar-refractivity contribution in [2.24, 2.45) is 0 Å². The topological polar surface area (TPSA) is 162 Å². The Balaban J connectivity index is 1.55. The summed E-state index contributed by atoms with van der Waals surface area (Å²) in [6.07, 6.45) is -2.51. The van der Waals surface area contributed by atoms with Crippen molar-refractivity contribution in [3.8, 4) is 29.0 Å². The summed E-state index contributed by atoms with van der Waals surface area (Å²) in [7, 11) is 3.49. The molecule has 4 N–H and O–H groups in total. The fourth-order valence-electron chi connectivity index (χ4n) is 7.35. The molecule has 0 spiro atoms. The molecule has 1 fully saturated rings. The SMILES string of the molecule is CO[C@H]1CCN(C)C1[C@H](C)Oc1nc2c3c(c(C(F)(F)F)c(-c4ccc(F)c5sc(N)c(C#N)c45)c(F)c3n1)OCCN2[C@H](C)c1nccnc1N. The van der Waals surface area contributed by atoms with Gasteiger partial charge in [-0.25, -0.2) is 13.8 Å². The van der Waals surface area contributed by atoms with E-state index in [9.17, 15) is 5.26 Å². The van der Waals surface area contributed by atoms with Gasteiger partial charge in [-0.15, -0.1) is 11.3 Å². The summed E-state index contributed by atoms with van der Waals surface area (Å²) < 4.78 is 96.3. The number of nitrogens with zero attached hydrogens (tertiary/aromatic N) is 7. The van der Waals surface area contributed by atoms with Crippen LogP contribution in [0.2, 0.25) is 0 Å². The van der Waals surface area contributed by atoms with Gasteiger partial charge in [-0.2, -0.15) is 28.4 Å². The Hall–Kier alpha value is -5.12. The van der Waals surface area contributed by atoms with Gasteiger partial charge < -0.3 is 30.6 Å². The molecule has 2 aliphatic rings. The number of fused-ring (bicyclic) bond motifs is 1. The van der Waals surface area contributed by atoms with Crippen LogP contribution in [-0.4, -0.2) is 76.9 Å². The number of ether oxygens (including phenoxy) is 3. The number of halogens is 5. The predicted molar refractivity (Wildman–Crippen MR) is 184 cm³/mol. The van der Waals surface area contributed by atoms with Crippen LogP contribution in [0.5, 0.6) is 11.8 Å². The van der Waals surface area contributed by atoms with Crippen molar-refractivity contribution >= 4 is 49.0 Å². The molecular weight excluding hydrogens is 709 g/mol. The van der Waals surface area contributed by atoms with Crippen LogP contribution in [0.4, 0.5) is 38.6 Å². The number of methoxy groups -OCH3 is 1. The third-order valence-corrected chi connectivity index (χ3v) is 10.7. The molecule has 5 heterocycles. The van der Waals surface area contributed by atoms with Gasteiger partial charge in [0.2, 0.25) is 0 Å². The van der Waals surface area contributed by atoms with Gasteiger partial charge in [-0.1, -0.05) is 6.07 Å². The highest BCUT2D eigenvalue weighted by Crippen LogP contribution is 2.54. The molecule has 7 rings (SSSR count). The van der Waals surface area contributed by atoms with E-state index >= 15 is 22.0 Å². The summed E-state index contributed by atoms with van der Waals surface area (Å²) in [4.78, 5) is 21.1. The third kappa shape index (κ3) is 5.63. The van der Waals surface area contributed by atoms with Crippen molar-refractivity contribution in [2.45, 2.75) is 50.7 Å². The van der Waals surface area contributed by atoms with E-state index in [4.69, 9.17) is 25.7 Å². The van der Waals surface area contributed by atoms with E-state index in [1.165, 1.54) is 12.4 Å². The minimum Gasteiger partial charge on any atom is -0.490 e. The Morgan fingerprint density at radius 3 is 2.54 bits per heavy atom. The van der Waals surface area contributed by atoms with Crippen molar-refractivity contribution in [1.29, 1.82) is 5.26 Å². The first-order chi connectivity index (χ1) is 24.8. The smallest absolute Gasteiger partial charge is 0.420 e. The normalized spacial score (nSPS) is 19.0. The lowest BCUT2D eigenvalue weighted by molar-refractivity contribution is -0.138. The Kier molecular flexibility index (Phi) is 8.91. The van der Waals surface area contributed by atoms with Crippen molar-refractivity contribution in [2.75, 3.05) is 50.2 Å². The van der Waals surface area contributed by atoms with E-state index < -0.39 is 57.9 Å². The Bertz CT molecular complexity index is 2260. The number of hydrogen-bond acceptors (Lipinski definition) is 13. The Labute approximate surface area is 297 Å². The highest BCUT2D eigenvalue weighted by Gasteiger charge is 2.45. The van der Waals surface area contributed by atoms with Crippen molar-refractivity contribution in [3.05, 3.63) is 53.0 Å². The second-order valence-electron chi connectivity index (χ2n) is 12.6. The third-order valence-electron chi connectivity index (χ3n) is 9.69. The van der Waals surface area contributed by atoms with Crippen molar-refractivity contribution in [3.63, 3.8) is 0 Å². The van der Waals surface area contributed by atoms with Crippen molar-refractivity contribution in [1.82, 2.24) is 24.8 Å².